The molecule has 0 spiro atoms. The summed E-state index contributed by atoms with van der Waals surface area (Å²) in [6.07, 6.45) is 15.3. The van der Waals surface area contributed by atoms with Gasteiger partial charge in [0.2, 0.25) is 10.0 Å². The highest BCUT2D eigenvalue weighted by Gasteiger charge is 2.24. The van der Waals surface area contributed by atoms with E-state index >= 15 is 0 Å². The van der Waals surface area contributed by atoms with Crippen LogP contribution in [0.4, 0.5) is 5.69 Å². The topological polar surface area (TPSA) is 110 Å². The molecule has 0 bridgehead atoms. The fraction of sp³-hybridized carbons (Fsp3) is 0.209. The van der Waals surface area contributed by atoms with Gasteiger partial charge < -0.3 is 14.5 Å². The van der Waals surface area contributed by atoms with Crippen molar-refractivity contribution in [3.05, 3.63) is 151 Å². The average molecular weight is 720 g/mol. The summed E-state index contributed by atoms with van der Waals surface area (Å²) in [4.78, 5) is 16.5. The average Bonchev–Trinajstić information content (AvgIpc) is 3.46. The largest absolute Gasteiger partial charge is 0.464 e. The van der Waals surface area contributed by atoms with Gasteiger partial charge in [-0.15, -0.1) is 6.58 Å². The van der Waals surface area contributed by atoms with Crippen LogP contribution in [0.1, 0.15) is 41.0 Å². The van der Waals surface area contributed by atoms with Crippen molar-refractivity contribution in [1.82, 2.24) is 10.0 Å². The number of hydrogen-bond acceptors (Lipinski definition) is 7. The highest BCUT2D eigenvalue weighted by molar-refractivity contribution is 7.89. The maximum atomic E-state index is 13.4. The normalized spacial score (nSPS) is 12.5. The monoisotopic (exact) mass is 719 g/mol. The number of ether oxygens (including phenoxy) is 1. The van der Waals surface area contributed by atoms with Gasteiger partial charge in [-0.2, -0.15) is 0 Å². The van der Waals surface area contributed by atoms with Gasteiger partial charge in [0, 0.05) is 61.7 Å². The number of carbonyl (C=O) groups excluding carboxylic acids is 1. The number of nitrogens with zero attached hydrogens (tertiary/aromatic N) is 1. The first kappa shape index (κ1) is 39.3. The molecular formula is C43H49N3O5S. The third kappa shape index (κ3) is 11.2. The lowest BCUT2D eigenvalue weighted by Gasteiger charge is -2.18. The fourth-order valence-electron chi connectivity index (χ4n) is 5.20. The van der Waals surface area contributed by atoms with Crippen LogP contribution < -0.4 is 15.4 Å². The van der Waals surface area contributed by atoms with E-state index in [1.165, 1.54) is 5.70 Å². The summed E-state index contributed by atoms with van der Waals surface area (Å²) in [5.74, 6) is 0.241. The Balaban J connectivity index is 0.000000459. The van der Waals surface area contributed by atoms with Crippen LogP contribution in [0.15, 0.2) is 160 Å². The predicted octanol–water partition coefficient (Wildman–Crippen LogP) is 9.49. The number of nitrogens with one attached hydrogen (secondary N) is 2. The molecule has 9 heteroatoms. The molecule has 3 aromatic carbocycles. The van der Waals surface area contributed by atoms with Crippen molar-refractivity contribution in [3.63, 3.8) is 0 Å². The number of rotatable bonds is 11. The highest BCUT2D eigenvalue weighted by atomic mass is 32.2. The molecule has 272 valence electrons. The Morgan fingerprint density at radius 2 is 1.67 bits per heavy atom. The van der Waals surface area contributed by atoms with Crippen LogP contribution in [0.2, 0.25) is 0 Å². The molecule has 0 unspecified atom stereocenters. The van der Waals surface area contributed by atoms with Crippen LogP contribution in [0, 0.1) is 0 Å². The van der Waals surface area contributed by atoms with Gasteiger partial charge in [0.1, 0.15) is 18.0 Å². The molecule has 0 aromatic heterocycles. The first-order chi connectivity index (χ1) is 25.3. The number of benzene rings is 4. The van der Waals surface area contributed by atoms with Crippen molar-refractivity contribution in [2.24, 2.45) is 4.99 Å². The maximum Gasteiger partial charge on any atom is 0.305 e. The lowest BCUT2D eigenvalue weighted by Crippen LogP contribution is -2.28. The first-order valence-electron chi connectivity index (χ1n) is 17.4. The number of allylic oxidation sites excluding steroid dienone is 6. The molecule has 6 rings (SSSR count). The van der Waals surface area contributed by atoms with E-state index in [9.17, 15) is 13.2 Å². The van der Waals surface area contributed by atoms with E-state index in [2.05, 4.69) is 41.8 Å². The summed E-state index contributed by atoms with van der Waals surface area (Å²) in [5.41, 5.74) is 4.75. The minimum absolute atomic E-state index is 0. The number of esters is 1. The van der Waals surface area contributed by atoms with E-state index in [1.807, 2.05) is 111 Å². The lowest BCUT2D eigenvalue weighted by molar-refractivity contribution is -0.143. The van der Waals surface area contributed by atoms with Crippen molar-refractivity contribution in [1.29, 1.82) is 0 Å². The minimum Gasteiger partial charge on any atom is -0.464 e. The van der Waals surface area contributed by atoms with E-state index in [-0.39, 0.29) is 25.4 Å². The molecule has 1 aliphatic heterocycles. The zero-order valence-electron chi connectivity index (χ0n) is 30.0. The number of para-hydroxylation sites is 2. The summed E-state index contributed by atoms with van der Waals surface area (Å²) >= 11 is 0. The molecule has 0 atom stereocenters. The van der Waals surface area contributed by atoms with Crippen molar-refractivity contribution < 1.29 is 23.8 Å². The predicted molar refractivity (Wildman–Crippen MR) is 214 cm³/mol. The van der Waals surface area contributed by atoms with Crippen LogP contribution >= 0.6 is 0 Å². The van der Waals surface area contributed by atoms with Gasteiger partial charge in [-0.1, -0.05) is 98.8 Å². The van der Waals surface area contributed by atoms with Gasteiger partial charge in [0.15, 0.2) is 0 Å². The number of fused-ring (bicyclic) bond motifs is 2. The van der Waals surface area contributed by atoms with E-state index in [1.54, 1.807) is 18.2 Å². The summed E-state index contributed by atoms with van der Waals surface area (Å²) in [6.45, 7) is 7.36. The standard InChI is InChI=1S/C31H28N2O5S.C8H11N.C4H8.H2/c1-2-10-30(34)37-20-19-32-39(35,36)29-16-9-7-14-26(29)31-24-13-6-8-15-27(24)38-28-21-23(17-18-25(28)31)33-22-11-4-3-5-12-22;1-9-8-6-4-2-3-5-7-8;1-3-4-2;/h3-9,11-18,21,32H,2,10,19-20H2,1H3;2-6,9H,7H2,1H3;3H,1,4H2,2H3;1H. The van der Waals surface area contributed by atoms with E-state index in [4.69, 9.17) is 14.1 Å². The highest BCUT2D eigenvalue weighted by Crippen LogP contribution is 2.41. The fourth-order valence-corrected chi connectivity index (χ4v) is 6.43. The summed E-state index contributed by atoms with van der Waals surface area (Å²) < 4.78 is 40.8. The number of hydrogen-bond donors (Lipinski definition) is 2. The van der Waals surface area contributed by atoms with Gasteiger partial charge in [0.25, 0.3) is 0 Å². The van der Waals surface area contributed by atoms with Gasteiger partial charge in [-0.3, -0.25) is 4.79 Å². The van der Waals surface area contributed by atoms with Crippen molar-refractivity contribution in [2.45, 2.75) is 44.4 Å². The Morgan fingerprint density at radius 3 is 2.42 bits per heavy atom. The smallest absolute Gasteiger partial charge is 0.305 e. The molecule has 3 aliphatic rings. The molecule has 0 radical (unpaired) electrons. The summed E-state index contributed by atoms with van der Waals surface area (Å²) in [5, 5.41) is 4.61. The zero-order valence-corrected chi connectivity index (χ0v) is 30.9. The van der Waals surface area contributed by atoms with Crippen molar-refractivity contribution in [2.75, 3.05) is 20.2 Å². The van der Waals surface area contributed by atoms with Crippen molar-refractivity contribution >= 4 is 32.6 Å². The lowest BCUT2D eigenvalue weighted by atomic mass is 9.94. The van der Waals surface area contributed by atoms with Crippen LogP contribution in [-0.2, 0) is 19.6 Å². The molecule has 0 amide bonds. The van der Waals surface area contributed by atoms with E-state index in [0.29, 0.717) is 29.7 Å². The second-order valence-corrected chi connectivity index (χ2v) is 13.4. The molecule has 2 aliphatic carbocycles. The van der Waals surface area contributed by atoms with Gasteiger partial charge >= 0.3 is 5.97 Å². The van der Waals surface area contributed by atoms with Gasteiger partial charge in [-0.05, 0) is 55.3 Å². The SMILES string of the molecule is C=CCC.CCCC(=O)OCCNS(=O)(=O)c1ccccc1-c1c2ccc(=Nc3ccccc3)cc-2oc2ccccc12.CNC1=CC=CC=CC1.[HH]. The molecular weight excluding hydrogens is 671 g/mol. The van der Waals surface area contributed by atoms with Gasteiger partial charge in [-0.25, -0.2) is 18.1 Å². The Morgan fingerprint density at radius 1 is 0.942 bits per heavy atom. The Bertz CT molecular complexity index is 2170. The maximum absolute atomic E-state index is 13.4. The quantitative estimate of drug-likeness (QED) is 0.0609. The Kier molecular flexibility index (Phi) is 15.4. The molecule has 52 heavy (non-hydrogen) atoms. The number of sulfonamides is 1. The Hall–Kier alpha value is -5.51. The second-order valence-electron chi connectivity index (χ2n) is 11.6. The molecule has 0 saturated carbocycles. The van der Waals surface area contributed by atoms with Crippen LogP contribution in [0.25, 0.3) is 33.4 Å². The molecule has 1 heterocycles. The van der Waals surface area contributed by atoms with Crippen LogP contribution in [-0.4, -0.2) is 34.6 Å². The molecule has 0 fully saturated rings. The molecule has 0 saturated heterocycles. The zero-order chi connectivity index (χ0) is 37.2. The number of carbonyl (C=O) groups is 1. The van der Waals surface area contributed by atoms with E-state index in [0.717, 1.165) is 40.4 Å². The first-order valence-corrected chi connectivity index (χ1v) is 18.9. The van der Waals surface area contributed by atoms with Crippen LogP contribution in [0.3, 0.4) is 0 Å². The second kappa shape index (κ2) is 20.4. The molecule has 3 aromatic rings. The third-order valence-electron chi connectivity index (χ3n) is 7.79. The Labute approximate surface area is 308 Å². The molecule has 2 N–H and O–H groups in total. The minimum atomic E-state index is -3.93. The summed E-state index contributed by atoms with van der Waals surface area (Å²) in [6, 6.07) is 29.7. The van der Waals surface area contributed by atoms with Crippen molar-refractivity contribution in [3.8, 4) is 22.5 Å². The van der Waals surface area contributed by atoms with Gasteiger partial charge in [0.05, 0.1) is 15.9 Å². The van der Waals surface area contributed by atoms with E-state index < -0.39 is 10.0 Å². The molecule has 8 nitrogen and oxygen atoms in total. The third-order valence-corrected chi connectivity index (χ3v) is 9.30. The summed E-state index contributed by atoms with van der Waals surface area (Å²) in [7, 11) is -1.98. The van der Waals surface area contributed by atoms with Crippen LogP contribution in [0.5, 0.6) is 0 Å².